The van der Waals surface area contributed by atoms with Crippen LogP contribution in [0.3, 0.4) is 0 Å². The summed E-state index contributed by atoms with van der Waals surface area (Å²) in [5, 5.41) is 13.9. The molecular weight excluding hydrogens is 320 g/mol. The third-order valence-corrected chi connectivity index (χ3v) is 4.96. The fourth-order valence-electron chi connectivity index (χ4n) is 3.21. The van der Waals surface area contributed by atoms with E-state index < -0.39 is 6.10 Å². The molecule has 1 aliphatic carbocycles. The van der Waals surface area contributed by atoms with Gasteiger partial charge < -0.3 is 24.6 Å². The summed E-state index contributed by atoms with van der Waals surface area (Å²) in [5.41, 5.74) is 1.07. The summed E-state index contributed by atoms with van der Waals surface area (Å²) >= 11 is 0. The van der Waals surface area contributed by atoms with Crippen molar-refractivity contribution in [1.29, 1.82) is 0 Å². The monoisotopic (exact) mass is 350 g/mol. The maximum atomic E-state index is 10.3. The summed E-state index contributed by atoms with van der Waals surface area (Å²) in [6, 6.07) is 6.55. The second-order valence-electron chi connectivity index (χ2n) is 6.84. The van der Waals surface area contributed by atoms with E-state index in [2.05, 4.69) is 16.3 Å². The fraction of sp³-hybridized carbons (Fsp3) is 0.684. The topological polar surface area (TPSA) is 63.2 Å². The third kappa shape index (κ3) is 5.31. The lowest BCUT2D eigenvalue weighted by Crippen LogP contribution is -2.42. The molecule has 1 aromatic carbocycles. The number of β-amino-alcohol motifs (C(OH)–C–C–N with tert-alkyl or cyclic N) is 1. The molecule has 2 N–H and O–H groups in total. The first kappa shape index (κ1) is 18.5. The molecule has 0 aromatic heterocycles. The Hall–Kier alpha value is -1.34. The molecule has 3 rings (SSSR count). The van der Waals surface area contributed by atoms with Crippen LogP contribution < -0.4 is 14.8 Å². The fourth-order valence-corrected chi connectivity index (χ4v) is 3.21. The van der Waals surface area contributed by atoms with Crippen molar-refractivity contribution in [2.75, 3.05) is 46.6 Å². The van der Waals surface area contributed by atoms with Crippen molar-refractivity contribution < 1.29 is 19.3 Å². The summed E-state index contributed by atoms with van der Waals surface area (Å²) in [4.78, 5) is 2.21. The minimum Gasteiger partial charge on any atom is -0.493 e. The van der Waals surface area contributed by atoms with Crippen LogP contribution in [0.5, 0.6) is 11.5 Å². The van der Waals surface area contributed by atoms with Crippen molar-refractivity contribution >= 4 is 0 Å². The van der Waals surface area contributed by atoms with E-state index >= 15 is 0 Å². The quantitative estimate of drug-likeness (QED) is 0.702. The first-order valence-corrected chi connectivity index (χ1v) is 9.26. The average Bonchev–Trinajstić information content (AvgIpc) is 2.59. The molecule has 0 amide bonds. The number of aliphatic hydroxyl groups excluding tert-OH is 1. The van der Waals surface area contributed by atoms with Crippen molar-refractivity contribution in [2.24, 2.45) is 0 Å². The van der Waals surface area contributed by atoms with E-state index in [4.69, 9.17) is 14.2 Å². The first-order valence-electron chi connectivity index (χ1n) is 9.26. The van der Waals surface area contributed by atoms with E-state index in [1.165, 1.54) is 19.3 Å². The molecule has 2 fully saturated rings. The molecule has 2 aliphatic rings. The highest BCUT2D eigenvalue weighted by molar-refractivity contribution is 5.46. The molecule has 0 unspecified atom stereocenters. The minimum atomic E-state index is -0.532. The number of rotatable bonds is 9. The normalized spacial score (nSPS) is 20.1. The van der Waals surface area contributed by atoms with Crippen molar-refractivity contribution in [3.8, 4) is 11.5 Å². The Morgan fingerprint density at radius 3 is 2.80 bits per heavy atom. The van der Waals surface area contributed by atoms with E-state index in [1.54, 1.807) is 7.11 Å². The summed E-state index contributed by atoms with van der Waals surface area (Å²) in [6.45, 7) is 4.82. The Morgan fingerprint density at radius 2 is 2.12 bits per heavy atom. The molecule has 1 saturated carbocycles. The van der Waals surface area contributed by atoms with E-state index in [0.717, 1.165) is 44.2 Å². The standard InChI is InChI=1S/C19H30N2O4/c1-23-18-7-2-4-15(12-20-16-5-3-6-16)19(18)25-14-17(22)13-21-8-10-24-11-9-21/h2,4,7,16-17,20,22H,3,5-6,8-14H2,1H3/t17-/m1/s1. The number of hydrogen-bond donors (Lipinski definition) is 2. The lowest BCUT2D eigenvalue weighted by Gasteiger charge is -2.29. The number of benzene rings is 1. The maximum Gasteiger partial charge on any atom is 0.165 e. The largest absolute Gasteiger partial charge is 0.493 e. The van der Waals surface area contributed by atoms with Crippen LogP contribution in [0.25, 0.3) is 0 Å². The molecule has 1 heterocycles. The third-order valence-electron chi connectivity index (χ3n) is 4.96. The number of morpholine rings is 1. The SMILES string of the molecule is COc1cccc(CNC2CCC2)c1OC[C@H](O)CN1CCOCC1. The van der Waals surface area contributed by atoms with Gasteiger partial charge >= 0.3 is 0 Å². The van der Waals surface area contributed by atoms with Crippen molar-refractivity contribution in [3.05, 3.63) is 23.8 Å². The smallest absolute Gasteiger partial charge is 0.165 e. The molecule has 6 nitrogen and oxygen atoms in total. The average molecular weight is 350 g/mol. The summed E-state index contributed by atoms with van der Waals surface area (Å²) in [6.07, 6.45) is 3.28. The molecular formula is C19H30N2O4. The van der Waals surface area contributed by atoms with E-state index in [-0.39, 0.29) is 6.61 Å². The zero-order valence-electron chi connectivity index (χ0n) is 15.1. The molecule has 1 saturated heterocycles. The summed E-state index contributed by atoms with van der Waals surface area (Å²) in [7, 11) is 1.65. The Bertz CT molecular complexity index is 530. The molecule has 25 heavy (non-hydrogen) atoms. The van der Waals surface area contributed by atoms with Gasteiger partial charge in [-0.3, -0.25) is 4.90 Å². The second-order valence-corrected chi connectivity index (χ2v) is 6.84. The number of methoxy groups -OCH3 is 1. The Labute approximate surface area is 150 Å². The molecule has 1 aliphatic heterocycles. The van der Waals surface area contributed by atoms with Crippen LogP contribution in [0, 0.1) is 0 Å². The van der Waals surface area contributed by atoms with Gasteiger partial charge in [0.25, 0.3) is 0 Å². The number of ether oxygens (including phenoxy) is 3. The van der Waals surface area contributed by atoms with Gasteiger partial charge in [-0.2, -0.15) is 0 Å². The maximum absolute atomic E-state index is 10.3. The molecule has 6 heteroatoms. The van der Waals surface area contributed by atoms with Crippen LogP contribution in [0.4, 0.5) is 0 Å². The highest BCUT2D eigenvalue weighted by atomic mass is 16.5. The van der Waals surface area contributed by atoms with Gasteiger partial charge in [0.2, 0.25) is 0 Å². The molecule has 1 aromatic rings. The predicted molar refractivity (Wildman–Crippen MR) is 96.2 cm³/mol. The van der Waals surface area contributed by atoms with Crippen molar-refractivity contribution in [1.82, 2.24) is 10.2 Å². The van der Waals surface area contributed by atoms with Gasteiger partial charge in [-0.05, 0) is 18.9 Å². The Morgan fingerprint density at radius 1 is 1.32 bits per heavy atom. The van der Waals surface area contributed by atoms with Crippen LogP contribution in [0.1, 0.15) is 24.8 Å². The lowest BCUT2D eigenvalue weighted by atomic mass is 9.93. The molecule has 1 atom stereocenters. The molecule has 140 valence electrons. The zero-order valence-corrected chi connectivity index (χ0v) is 15.1. The number of aliphatic hydroxyl groups is 1. The first-order chi connectivity index (χ1) is 12.3. The van der Waals surface area contributed by atoms with Crippen LogP contribution >= 0.6 is 0 Å². The predicted octanol–water partition coefficient (Wildman–Crippen LogP) is 1.41. The van der Waals surface area contributed by atoms with Crippen LogP contribution in [-0.4, -0.2) is 68.7 Å². The van der Waals surface area contributed by atoms with E-state index in [0.29, 0.717) is 18.3 Å². The molecule has 0 radical (unpaired) electrons. The van der Waals surface area contributed by atoms with Crippen molar-refractivity contribution in [3.63, 3.8) is 0 Å². The highest BCUT2D eigenvalue weighted by Gasteiger charge is 2.20. The van der Waals surface area contributed by atoms with Gasteiger partial charge in [-0.15, -0.1) is 0 Å². The zero-order chi connectivity index (χ0) is 17.5. The van der Waals surface area contributed by atoms with Crippen molar-refractivity contribution in [2.45, 2.75) is 38.0 Å². The Balaban J connectivity index is 1.55. The van der Waals surface area contributed by atoms with Gasteiger partial charge in [0, 0.05) is 37.8 Å². The molecule has 0 bridgehead atoms. The second kappa shape index (κ2) is 9.38. The van der Waals surface area contributed by atoms with E-state index in [9.17, 15) is 5.11 Å². The van der Waals surface area contributed by atoms with Crippen LogP contribution in [-0.2, 0) is 11.3 Å². The summed E-state index contributed by atoms with van der Waals surface area (Å²) < 4.78 is 16.8. The van der Waals surface area contributed by atoms with Gasteiger partial charge in [0.1, 0.15) is 12.7 Å². The Kier molecular flexibility index (Phi) is 6.93. The number of nitrogens with zero attached hydrogens (tertiary/aromatic N) is 1. The van der Waals surface area contributed by atoms with E-state index in [1.807, 2.05) is 12.1 Å². The van der Waals surface area contributed by atoms with Gasteiger partial charge in [-0.1, -0.05) is 18.6 Å². The number of para-hydroxylation sites is 1. The van der Waals surface area contributed by atoms with Gasteiger partial charge in [0.05, 0.1) is 20.3 Å². The summed E-state index contributed by atoms with van der Waals surface area (Å²) in [5.74, 6) is 1.45. The van der Waals surface area contributed by atoms with Crippen LogP contribution in [0.2, 0.25) is 0 Å². The van der Waals surface area contributed by atoms with Crippen LogP contribution in [0.15, 0.2) is 18.2 Å². The lowest BCUT2D eigenvalue weighted by molar-refractivity contribution is 0.00435. The minimum absolute atomic E-state index is 0.258. The highest BCUT2D eigenvalue weighted by Crippen LogP contribution is 2.32. The number of hydrogen-bond acceptors (Lipinski definition) is 6. The van der Waals surface area contributed by atoms with Gasteiger partial charge in [0.15, 0.2) is 11.5 Å². The molecule has 0 spiro atoms. The number of nitrogens with one attached hydrogen (secondary N) is 1. The van der Waals surface area contributed by atoms with Gasteiger partial charge in [-0.25, -0.2) is 0 Å².